The van der Waals surface area contributed by atoms with Crippen molar-refractivity contribution in [3.63, 3.8) is 0 Å². The van der Waals surface area contributed by atoms with Crippen LogP contribution in [0.4, 0.5) is 5.69 Å². The SMILES string of the molecule is COc1ccc(S(=O)(=O)N2CCOCC2)cc1NC(=O)COc1ccc(C(C)C)cc1. The van der Waals surface area contributed by atoms with Crippen molar-refractivity contribution >= 4 is 21.6 Å². The molecule has 1 aliphatic heterocycles. The third-order valence-electron chi connectivity index (χ3n) is 4.97. The molecule has 1 aliphatic rings. The molecule has 0 aliphatic carbocycles. The van der Waals surface area contributed by atoms with E-state index in [1.807, 2.05) is 24.3 Å². The van der Waals surface area contributed by atoms with Gasteiger partial charge in [0.1, 0.15) is 11.5 Å². The van der Waals surface area contributed by atoms with E-state index in [2.05, 4.69) is 19.2 Å². The second kappa shape index (κ2) is 10.1. The molecule has 1 fully saturated rings. The number of sulfonamides is 1. The van der Waals surface area contributed by atoms with Crippen molar-refractivity contribution in [1.29, 1.82) is 0 Å². The van der Waals surface area contributed by atoms with Gasteiger partial charge in [-0.3, -0.25) is 4.79 Å². The normalized spacial score (nSPS) is 15.0. The van der Waals surface area contributed by atoms with Gasteiger partial charge in [-0.2, -0.15) is 4.31 Å². The first-order chi connectivity index (χ1) is 14.8. The zero-order valence-electron chi connectivity index (χ0n) is 18.0. The summed E-state index contributed by atoms with van der Waals surface area (Å²) in [5.74, 6) is 0.920. The molecule has 0 unspecified atom stereocenters. The van der Waals surface area contributed by atoms with Gasteiger partial charge in [-0.05, 0) is 41.8 Å². The first-order valence-corrected chi connectivity index (χ1v) is 11.5. The monoisotopic (exact) mass is 448 g/mol. The van der Waals surface area contributed by atoms with Crippen LogP contribution in [0.3, 0.4) is 0 Å². The van der Waals surface area contributed by atoms with Crippen LogP contribution >= 0.6 is 0 Å². The lowest BCUT2D eigenvalue weighted by Crippen LogP contribution is -2.40. The maximum atomic E-state index is 12.9. The summed E-state index contributed by atoms with van der Waals surface area (Å²) < 4.78 is 43.2. The Morgan fingerprint density at radius 3 is 2.42 bits per heavy atom. The fraction of sp³-hybridized carbons (Fsp3) is 0.409. The lowest BCUT2D eigenvalue weighted by atomic mass is 10.0. The molecule has 0 aromatic heterocycles. The van der Waals surface area contributed by atoms with E-state index in [4.69, 9.17) is 14.2 Å². The van der Waals surface area contributed by atoms with Crippen LogP contribution in [0.15, 0.2) is 47.4 Å². The van der Waals surface area contributed by atoms with Gasteiger partial charge < -0.3 is 19.5 Å². The molecule has 9 heteroatoms. The predicted octanol–water partition coefficient (Wildman–Crippen LogP) is 2.86. The number of benzene rings is 2. The number of rotatable bonds is 8. The van der Waals surface area contributed by atoms with Gasteiger partial charge in [-0.15, -0.1) is 0 Å². The second-order valence-electron chi connectivity index (χ2n) is 7.44. The highest BCUT2D eigenvalue weighted by Crippen LogP contribution is 2.29. The number of ether oxygens (including phenoxy) is 3. The molecular formula is C22H28N2O6S. The van der Waals surface area contributed by atoms with Gasteiger partial charge in [0.25, 0.3) is 5.91 Å². The first kappa shape index (κ1) is 23.1. The van der Waals surface area contributed by atoms with E-state index in [9.17, 15) is 13.2 Å². The average Bonchev–Trinajstić information content (AvgIpc) is 2.78. The van der Waals surface area contributed by atoms with Gasteiger partial charge in [0.05, 0.1) is 30.9 Å². The van der Waals surface area contributed by atoms with Crippen molar-refractivity contribution < 1.29 is 27.4 Å². The Morgan fingerprint density at radius 2 is 1.81 bits per heavy atom. The highest BCUT2D eigenvalue weighted by molar-refractivity contribution is 7.89. The van der Waals surface area contributed by atoms with Gasteiger partial charge in [0.2, 0.25) is 10.0 Å². The van der Waals surface area contributed by atoms with Gasteiger partial charge >= 0.3 is 0 Å². The molecule has 1 amide bonds. The maximum Gasteiger partial charge on any atom is 0.262 e. The van der Waals surface area contributed by atoms with Crippen molar-refractivity contribution in [2.45, 2.75) is 24.7 Å². The third-order valence-corrected chi connectivity index (χ3v) is 6.86. The smallest absolute Gasteiger partial charge is 0.262 e. The molecule has 0 saturated carbocycles. The molecule has 1 heterocycles. The number of nitrogens with zero attached hydrogens (tertiary/aromatic N) is 1. The number of methoxy groups -OCH3 is 1. The molecule has 2 aromatic carbocycles. The van der Waals surface area contributed by atoms with E-state index < -0.39 is 15.9 Å². The molecule has 0 radical (unpaired) electrons. The Balaban J connectivity index is 1.69. The van der Waals surface area contributed by atoms with Gasteiger partial charge in [0.15, 0.2) is 6.61 Å². The van der Waals surface area contributed by atoms with Crippen LogP contribution in [0.2, 0.25) is 0 Å². The molecule has 31 heavy (non-hydrogen) atoms. The topological polar surface area (TPSA) is 94.2 Å². The van der Waals surface area contributed by atoms with Crippen LogP contribution in [0.5, 0.6) is 11.5 Å². The Labute approximate surface area is 183 Å². The molecule has 3 rings (SSSR count). The second-order valence-corrected chi connectivity index (χ2v) is 9.38. The Bertz CT molecular complexity index is 999. The van der Waals surface area contributed by atoms with Gasteiger partial charge in [0, 0.05) is 13.1 Å². The van der Waals surface area contributed by atoms with Crippen LogP contribution in [-0.4, -0.2) is 58.7 Å². The highest BCUT2D eigenvalue weighted by atomic mass is 32.2. The summed E-state index contributed by atoms with van der Waals surface area (Å²) in [5.41, 5.74) is 1.44. The summed E-state index contributed by atoms with van der Waals surface area (Å²) >= 11 is 0. The number of carbonyl (C=O) groups is 1. The van der Waals surface area contributed by atoms with E-state index >= 15 is 0 Å². The number of anilines is 1. The number of carbonyl (C=O) groups excluding carboxylic acids is 1. The van der Waals surface area contributed by atoms with Crippen molar-refractivity contribution in [3.05, 3.63) is 48.0 Å². The lowest BCUT2D eigenvalue weighted by Gasteiger charge is -2.26. The first-order valence-electron chi connectivity index (χ1n) is 10.1. The number of hydrogen-bond donors (Lipinski definition) is 1. The van der Waals surface area contributed by atoms with E-state index in [0.29, 0.717) is 43.7 Å². The highest BCUT2D eigenvalue weighted by Gasteiger charge is 2.27. The van der Waals surface area contributed by atoms with Crippen molar-refractivity contribution in [2.24, 2.45) is 0 Å². The van der Waals surface area contributed by atoms with Crippen LogP contribution in [-0.2, 0) is 19.6 Å². The molecule has 2 aromatic rings. The van der Waals surface area contributed by atoms with Crippen molar-refractivity contribution in [1.82, 2.24) is 4.31 Å². The van der Waals surface area contributed by atoms with Crippen LogP contribution in [0, 0.1) is 0 Å². The molecule has 0 atom stereocenters. The summed E-state index contributed by atoms with van der Waals surface area (Å²) in [6, 6.07) is 11.9. The lowest BCUT2D eigenvalue weighted by molar-refractivity contribution is -0.118. The summed E-state index contributed by atoms with van der Waals surface area (Å²) in [7, 11) is -2.24. The maximum absolute atomic E-state index is 12.9. The largest absolute Gasteiger partial charge is 0.495 e. The Hall–Kier alpha value is -2.62. The molecule has 1 saturated heterocycles. The zero-order chi connectivity index (χ0) is 22.4. The van der Waals surface area contributed by atoms with E-state index in [1.165, 1.54) is 35.2 Å². The van der Waals surface area contributed by atoms with Crippen LogP contribution in [0.25, 0.3) is 0 Å². The minimum absolute atomic E-state index is 0.0793. The summed E-state index contributed by atoms with van der Waals surface area (Å²) in [6.07, 6.45) is 0. The molecule has 0 spiro atoms. The molecule has 168 valence electrons. The van der Waals surface area contributed by atoms with Crippen molar-refractivity contribution in [2.75, 3.05) is 45.3 Å². The minimum Gasteiger partial charge on any atom is -0.495 e. The molecular weight excluding hydrogens is 420 g/mol. The standard InChI is InChI=1S/C22H28N2O6S/c1-16(2)17-4-6-18(7-5-17)30-15-22(25)23-20-14-19(8-9-21(20)28-3)31(26,27)24-10-12-29-13-11-24/h4-9,14,16H,10-13,15H2,1-3H3,(H,23,25). The predicted molar refractivity (Wildman–Crippen MR) is 117 cm³/mol. The number of amides is 1. The number of hydrogen-bond acceptors (Lipinski definition) is 6. The summed E-state index contributed by atoms with van der Waals surface area (Å²) in [5, 5.41) is 2.68. The fourth-order valence-corrected chi connectivity index (χ4v) is 4.60. The Kier molecular flexibility index (Phi) is 7.53. The van der Waals surface area contributed by atoms with Gasteiger partial charge in [-0.25, -0.2) is 8.42 Å². The molecule has 0 bridgehead atoms. The molecule has 1 N–H and O–H groups in total. The van der Waals surface area contributed by atoms with Crippen LogP contribution in [0.1, 0.15) is 25.3 Å². The Morgan fingerprint density at radius 1 is 1.13 bits per heavy atom. The molecule has 8 nitrogen and oxygen atoms in total. The fourth-order valence-electron chi connectivity index (χ4n) is 3.17. The van der Waals surface area contributed by atoms with E-state index in [-0.39, 0.29) is 17.2 Å². The summed E-state index contributed by atoms with van der Waals surface area (Å²) in [6.45, 7) is 5.28. The summed E-state index contributed by atoms with van der Waals surface area (Å²) in [4.78, 5) is 12.5. The quantitative estimate of drug-likeness (QED) is 0.667. The van der Waals surface area contributed by atoms with E-state index in [1.54, 1.807) is 0 Å². The van der Waals surface area contributed by atoms with Gasteiger partial charge in [-0.1, -0.05) is 26.0 Å². The average molecular weight is 449 g/mol. The number of morpholine rings is 1. The van der Waals surface area contributed by atoms with Crippen LogP contribution < -0.4 is 14.8 Å². The van der Waals surface area contributed by atoms with Crippen molar-refractivity contribution in [3.8, 4) is 11.5 Å². The van der Waals surface area contributed by atoms with E-state index in [0.717, 1.165) is 0 Å². The third kappa shape index (κ3) is 5.75. The minimum atomic E-state index is -3.70. The number of nitrogens with one attached hydrogen (secondary N) is 1. The zero-order valence-corrected chi connectivity index (χ0v) is 18.8.